The Morgan fingerprint density at radius 3 is 2.64 bits per heavy atom. The fourth-order valence-corrected chi connectivity index (χ4v) is 5.67. The third kappa shape index (κ3) is 3.95. The lowest BCUT2D eigenvalue weighted by molar-refractivity contribution is 0.0602. The summed E-state index contributed by atoms with van der Waals surface area (Å²) in [6, 6.07) is 14.1. The number of hydrogen-bond donors (Lipinski definition) is 1. The maximum Gasteiger partial charge on any atom is 0.258 e. The van der Waals surface area contributed by atoms with Gasteiger partial charge in [0.15, 0.2) is 5.65 Å². The zero-order chi connectivity index (χ0) is 24.8. The van der Waals surface area contributed by atoms with E-state index in [0.29, 0.717) is 17.9 Å². The van der Waals surface area contributed by atoms with Gasteiger partial charge in [0.25, 0.3) is 5.91 Å². The molecule has 36 heavy (non-hydrogen) atoms. The van der Waals surface area contributed by atoms with Crippen molar-refractivity contribution in [2.24, 2.45) is 5.73 Å². The summed E-state index contributed by atoms with van der Waals surface area (Å²) in [5.74, 6) is 1.55. The summed E-state index contributed by atoms with van der Waals surface area (Å²) in [5.41, 5.74) is 9.48. The number of fused-ring (bicyclic) bond motifs is 2. The summed E-state index contributed by atoms with van der Waals surface area (Å²) in [6.45, 7) is 4.50. The van der Waals surface area contributed by atoms with Gasteiger partial charge in [-0.1, -0.05) is 24.3 Å². The smallest absolute Gasteiger partial charge is 0.258 e. The number of aryl methyl sites for hydroxylation is 1. The molecule has 2 saturated heterocycles. The number of rotatable bonds is 4. The van der Waals surface area contributed by atoms with Crippen molar-refractivity contribution in [3.8, 4) is 5.75 Å². The standard InChI is InChI=1S/C28H32N6O2/c1-18-16-34-26(30-27(18)32-12-10-21(29)17-32)15-23(31-34)24-9-5-6-11-33(24)28(35)22-13-19-7-3-4-8-20(19)14-25(22)36-2/h3-4,7-8,13-16,21,24H,5-6,9-12,17,29H2,1-2H3. The largest absolute Gasteiger partial charge is 0.496 e. The Morgan fingerprint density at radius 1 is 1.08 bits per heavy atom. The van der Waals surface area contributed by atoms with E-state index in [0.717, 1.165) is 72.3 Å². The number of anilines is 1. The number of nitrogens with two attached hydrogens (primary N) is 1. The first-order valence-corrected chi connectivity index (χ1v) is 12.8. The number of carbonyl (C=O) groups excluding carboxylic acids is 1. The van der Waals surface area contributed by atoms with Gasteiger partial charge in [0, 0.05) is 43.5 Å². The number of carbonyl (C=O) groups is 1. The molecular weight excluding hydrogens is 452 g/mol. The lowest BCUT2D eigenvalue weighted by Gasteiger charge is -2.35. The van der Waals surface area contributed by atoms with Crippen LogP contribution in [-0.2, 0) is 0 Å². The van der Waals surface area contributed by atoms with Crippen LogP contribution in [0.4, 0.5) is 5.82 Å². The molecular formula is C28H32N6O2. The second kappa shape index (κ2) is 9.09. The number of ether oxygens (including phenoxy) is 1. The fraction of sp³-hybridized carbons (Fsp3) is 0.393. The minimum Gasteiger partial charge on any atom is -0.496 e. The number of methoxy groups -OCH3 is 1. The van der Waals surface area contributed by atoms with Gasteiger partial charge in [-0.05, 0) is 55.5 Å². The molecule has 0 radical (unpaired) electrons. The number of likely N-dealkylation sites (tertiary alicyclic amines) is 1. The first-order chi connectivity index (χ1) is 17.5. The van der Waals surface area contributed by atoms with E-state index in [9.17, 15) is 4.79 Å². The van der Waals surface area contributed by atoms with Crippen molar-refractivity contribution in [3.63, 3.8) is 0 Å². The number of benzene rings is 2. The Labute approximate surface area is 210 Å². The van der Waals surface area contributed by atoms with E-state index in [2.05, 4.69) is 11.8 Å². The molecule has 0 spiro atoms. The number of amides is 1. The van der Waals surface area contributed by atoms with Gasteiger partial charge in [-0.25, -0.2) is 9.50 Å². The molecule has 2 unspecified atom stereocenters. The molecule has 2 aromatic heterocycles. The van der Waals surface area contributed by atoms with Gasteiger partial charge in [0.05, 0.1) is 24.4 Å². The molecule has 2 aromatic carbocycles. The van der Waals surface area contributed by atoms with Crippen LogP contribution < -0.4 is 15.4 Å². The highest BCUT2D eigenvalue weighted by Crippen LogP contribution is 2.35. The highest BCUT2D eigenvalue weighted by molar-refractivity contribution is 6.01. The van der Waals surface area contributed by atoms with Crippen LogP contribution >= 0.6 is 0 Å². The van der Waals surface area contributed by atoms with Crippen LogP contribution in [0, 0.1) is 6.92 Å². The Morgan fingerprint density at radius 2 is 1.89 bits per heavy atom. The third-order valence-electron chi connectivity index (χ3n) is 7.55. The van der Waals surface area contributed by atoms with Crippen molar-refractivity contribution in [1.82, 2.24) is 19.5 Å². The highest BCUT2D eigenvalue weighted by Gasteiger charge is 2.32. The Kier molecular flexibility index (Phi) is 5.76. The molecule has 0 bridgehead atoms. The number of aromatic nitrogens is 3. The van der Waals surface area contributed by atoms with Crippen LogP contribution in [0.1, 0.15) is 53.3 Å². The van der Waals surface area contributed by atoms with Gasteiger partial charge in [-0.15, -0.1) is 0 Å². The minimum absolute atomic E-state index is 0.0183. The van der Waals surface area contributed by atoms with E-state index in [1.54, 1.807) is 7.11 Å². The van der Waals surface area contributed by atoms with Gasteiger partial charge in [-0.2, -0.15) is 5.10 Å². The first kappa shape index (κ1) is 22.8. The van der Waals surface area contributed by atoms with Crippen LogP contribution in [0.5, 0.6) is 5.75 Å². The van der Waals surface area contributed by atoms with E-state index in [1.165, 1.54) is 0 Å². The normalized spacial score (nSPS) is 20.4. The summed E-state index contributed by atoms with van der Waals surface area (Å²) in [4.78, 5) is 23.1. The molecule has 0 saturated carbocycles. The van der Waals surface area contributed by atoms with Crippen molar-refractivity contribution in [2.45, 2.75) is 44.7 Å². The Bertz CT molecular complexity index is 1450. The minimum atomic E-state index is -0.104. The van der Waals surface area contributed by atoms with E-state index in [1.807, 2.05) is 58.1 Å². The zero-order valence-electron chi connectivity index (χ0n) is 20.9. The second-order valence-corrected chi connectivity index (χ2v) is 10.0. The predicted octanol–water partition coefficient (Wildman–Crippen LogP) is 4.10. The van der Waals surface area contributed by atoms with Crippen LogP contribution in [0.2, 0.25) is 0 Å². The molecule has 8 nitrogen and oxygen atoms in total. The monoisotopic (exact) mass is 484 g/mol. The van der Waals surface area contributed by atoms with Crippen LogP contribution in [0.3, 0.4) is 0 Å². The van der Waals surface area contributed by atoms with Gasteiger partial charge in [0.1, 0.15) is 11.6 Å². The molecule has 2 atom stereocenters. The van der Waals surface area contributed by atoms with Crippen molar-refractivity contribution < 1.29 is 9.53 Å². The van der Waals surface area contributed by atoms with Crippen LogP contribution in [0.15, 0.2) is 48.7 Å². The number of nitrogens with zero attached hydrogens (tertiary/aromatic N) is 5. The van der Waals surface area contributed by atoms with Crippen molar-refractivity contribution in [1.29, 1.82) is 0 Å². The molecule has 2 N–H and O–H groups in total. The van der Waals surface area contributed by atoms with Gasteiger partial charge < -0.3 is 20.3 Å². The summed E-state index contributed by atoms with van der Waals surface area (Å²) in [7, 11) is 1.62. The van der Waals surface area contributed by atoms with Gasteiger partial charge in [-0.3, -0.25) is 4.79 Å². The fourth-order valence-electron chi connectivity index (χ4n) is 5.67. The molecule has 0 aliphatic carbocycles. The quantitative estimate of drug-likeness (QED) is 0.469. The second-order valence-electron chi connectivity index (χ2n) is 10.0. The zero-order valence-corrected chi connectivity index (χ0v) is 20.9. The average Bonchev–Trinajstić information content (AvgIpc) is 3.52. The van der Waals surface area contributed by atoms with Crippen molar-refractivity contribution in [2.75, 3.05) is 31.6 Å². The molecule has 8 heteroatoms. The van der Waals surface area contributed by atoms with Gasteiger partial charge in [0.2, 0.25) is 0 Å². The molecule has 6 rings (SSSR count). The molecule has 4 aromatic rings. The van der Waals surface area contributed by atoms with Crippen LogP contribution in [0.25, 0.3) is 16.4 Å². The molecule has 2 aliphatic heterocycles. The molecule has 2 aliphatic rings. The number of hydrogen-bond acceptors (Lipinski definition) is 6. The number of piperidine rings is 1. The maximum absolute atomic E-state index is 13.9. The Balaban J connectivity index is 1.35. The maximum atomic E-state index is 13.9. The molecule has 2 fully saturated rings. The van der Waals surface area contributed by atoms with E-state index in [-0.39, 0.29) is 18.0 Å². The lowest BCUT2D eigenvalue weighted by atomic mass is 9.97. The topological polar surface area (TPSA) is 89.0 Å². The van der Waals surface area contributed by atoms with Crippen LogP contribution in [-0.4, -0.2) is 58.2 Å². The average molecular weight is 485 g/mol. The summed E-state index contributed by atoms with van der Waals surface area (Å²) in [6.07, 6.45) is 5.92. The van der Waals surface area contributed by atoms with E-state index in [4.69, 9.17) is 20.6 Å². The Hall–Kier alpha value is -3.65. The summed E-state index contributed by atoms with van der Waals surface area (Å²) < 4.78 is 7.49. The van der Waals surface area contributed by atoms with Crippen molar-refractivity contribution in [3.05, 3.63) is 65.5 Å². The van der Waals surface area contributed by atoms with Gasteiger partial charge >= 0.3 is 0 Å². The molecule has 4 heterocycles. The molecule has 1 amide bonds. The van der Waals surface area contributed by atoms with Crippen molar-refractivity contribution >= 4 is 28.1 Å². The molecule has 186 valence electrons. The first-order valence-electron chi connectivity index (χ1n) is 12.8. The third-order valence-corrected chi connectivity index (χ3v) is 7.55. The predicted molar refractivity (Wildman–Crippen MR) is 141 cm³/mol. The highest BCUT2D eigenvalue weighted by atomic mass is 16.5. The lowest BCUT2D eigenvalue weighted by Crippen LogP contribution is -2.38. The van der Waals surface area contributed by atoms with E-state index < -0.39 is 0 Å². The SMILES string of the molecule is COc1cc2ccccc2cc1C(=O)N1CCCCC1c1cc2nc(N3CCC(N)C3)c(C)cn2n1. The van der Waals surface area contributed by atoms with E-state index >= 15 is 0 Å². The summed E-state index contributed by atoms with van der Waals surface area (Å²) >= 11 is 0. The summed E-state index contributed by atoms with van der Waals surface area (Å²) in [5, 5.41) is 6.96.